The number of aromatic nitrogens is 1. The Labute approximate surface area is 178 Å². The summed E-state index contributed by atoms with van der Waals surface area (Å²) in [5.74, 6) is 0.508. The van der Waals surface area contributed by atoms with Gasteiger partial charge >= 0.3 is 6.03 Å². The van der Waals surface area contributed by atoms with E-state index in [-0.39, 0.29) is 17.0 Å². The molecule has 156 valence electrons. The number of carbonyl (C=O) groups is 1. The Bertz CT molecular complexity index is 1080. The molecule has 0 radical (unpaired) electrons. The minimum Gasteiger partial charge on any atom is -0.487 e. The lowest BCUT2D eigenvalue weighted by molar-refractivity contribution is 0.251. The average molecular weight is 430 g/mol. The molecule has 9 heteroatoms. The van der Waals surface area contributed by atoms with E-state index < -0.39 is 11.8 Å². The predicted molar refractivity (Wildman–Crippen MR) is 116 cm³/mol. The zero-order chi connectivity index (χ0) is 21.8. The number of hydrogen-bond acceptors (Lipinski definition) is 5. The summed E-state index contributed by atoms with van der Waals surface area (Å²) in [7, 11) is 0. The molecule has 1 aliphatic rings. The molecule has 1 aromatic heterocycles. The number of hydrogen-bond donors (Lipinski definition) is 4. The second kappa shape index (κ2) is 8.96. The fourth-order valence-electron chi connectivity index (χ4n) is 3.01. The Kier molecular flexibility index (Phi) is 6.37. The van der Waals surface area contributed by atoms with E-state index in [0.29, 0.717) is 46.6 Å². The standard InChI is InChI=1S/C21H21ClFN5O2/c1-3-12(8-17(11(2)24)28-21(25)29)14-10-18(15-9-13(22)4-5-16(15)23)27-20-19(14)30-7-6-26-20/h3-5,8-10,24H,6-7H2,1-2H3,(H,26,27)(H3,25,28,29)/b12-3+,17-8+,24-11?. The van der Waals surface area contributed by atoms with Crippen molar-refractivity contribution >= 4 is 34.7 Å². The number of nitrogens with two attached hydrogens (primary N) is 1. The molecule has 0 atom stereocenters. The van der Waals surface area contributed by atoms with Crippen molar-refractivity contribution in [2.45, 2.75) is 13.8 Å². The molecular weight excluding hydrogens is 409 g/mol. The van der Waals surface area contributed by atoms with Gasteiger partial charge in [0.15, 0.2) is 11.6 Å². The van der Waals surface area contributed by atoms with Crippen molar-refractivity contribution in [2.75, 3.05) is 18.5 Å². The van der Waals surface area contributed by atoms with Crippen LogP contribution in [0, 0.1) is 11.2 Å². The van der Waals surface area contributed by atoms with Crippen LogP contribution < -0.4 is 21.1 Å². The van der Waals surface area contributed by atoms with Gasteiger partial charge in [-0.25, -0.2) is 14.2 Å². The maximum atomic E-state index is 14.5. The molecule has 7 nitrogen and oxygen atoms in total. The number of nitrogens with zero attached hydrogens (tertiary/aromatic N) is 1. The highest BCUT2D eigenvalue weighted by molar-refractivity contribution is 6.30. The highest BCUT2D eigenvalue weighted by atomic mass is 35.5. The van der Waals surface area contributed by atoms with Gasteiger partial charge in [0.2, 0.25) is 0 Å². The molecule has 1 aromatic carbocycles. The van der Waals surface area contributed by atoms with Crippen LogP contribution in [0.1, 0.15) is 19.4 Å². The zero-order valence-electron chi connectivity index (χ0n) is 16.5. The summed E-state index contributed by atoms with van der Waals surface area (Å²) in [5, 5.41) is 13.9. The summed E-state index contributed by atoms with van der Waals surface area (Å²) in [4.78, 5) is 15.8. The summed E-state index contributed by atoms with van der Waals surface area (Å²) >= 11 is 6.06. The maximum Gasteiger partial charge on any atom is 0.316 e. The van der Waals surface area contributed by atoms with Gasteiger partial charge < -0.3 is 26.5 Å². The van der Waals surface area contributed by atoms with Crippen molar-refractivity contribution in [1.82, 2.24) is 10.3 Å². The molecule has 0 saturated carbocycles. The smallest absolute Gasteiger partial charge is 0.316 e. The van der Waals surface area contributed by atoms with Crippen molar-refractivity contribution in [3.8, 4) is 17.0 Å². The van der Waals surface area contributed by atoms with Crippen LogP contribution in [0.3, 0.4) is 0 Å². The number of amides is 2. The van der Waals surface area contributed by atoms with E-state index >= 15 is 0 Å². The lowest BCUT2D eigenvalue weighted by atomic mass is 9.99. The fraction of sp³-hybridized carbons (Fsp3) is 0.190. The Morgan fingerprint density at radius 2 is 2.20 bits per heavy atom. The number of allylic oxidation sites excluding steroid dienone is 4. The first-order valence-electron chi connectivity index (χ1n) is 9.17. The number of urea groups is 1. The zero-order valence-corrected chi connectivity index (χ0v) is 17.2. The Morgan fingerprint density at radius 3 is 2.87 bits per heavy atom. The van der Waals surface area contributed by atoms with Crippen LogP contribution in [0.5, 0.6) is 5.75 Å². The van der Waals surface area contributed by atoms with Gasteiger partial charge in [-0.15, -0.1) is 0 Å². The lowest BCUT2D eigenvalue weighted by Crippen LogP contribution is -2.31. The van der Waals surface area contributed by atoms with E-state index in [2.05, 4.69) is 15.6 Å². The van der Waals surface area contributed by atoms with E-state index in [1.807, 2.05) is 0 Å². The van der Waals surface area contributed by atoms with Crippen LogP contribution in [0.4, 0.5) is 15.0 Å². The normalized spacial score (nSPS) is 13.7. The summed E-state index contributed by atoms with van der Waals surface area (Å²) in [6.07, 6.45) is 3.40. The molecule has 30 heavy (non-hydrogen) atoms. The van der Waals surface area contributed by atoms with E-state index in [1.165, 1.54) is 25.1 Å². The largest absolute Gasteiger partial charge is 0.487 e. The van der Waals surface area contributed by atoms with Gasteiger partial charge in [-0.05, 0) is 49.8 Å². The quantitative estimate of drug-likeness (QED) is 0.418. The molecule has 0 aliphatic carbocycles. The van der Waals surface area contributed by atoms with Crippen molar-refractivity contribution in [3.05, 3.63) is 58.5 Å². The second-order valence-electron chi connectivity index (χ2n) is 6.55. The maximum absolute atomic E-state index is 14.5. The van der Waals surface area contributed by atoms with E-state index in [0.717, 1.165) is 0 Å². The van der Waals surface area contributed by atoms with Gasteiger partial charge in [-0.3, -0.25) is 0 Å². The van der Waals surface area contributed by atoms with Crippen LogP contribution in [-0.4, -0.2) is 29.9 Å². The van der Waals surface area contributed by atoms with Crippen LogP contribution in [0.25, 0.3) is 16.8 Å². The fourth-order valence-corrected chi connectivity index (χ4v) is 3.18. The molecular formula is C21H21ClFN5O2. The Hall–Kier alpha value is -3.39. The minimum absolute atomic E-state index is 0.122. The van der Waals surface area contributed by atoms with Crippen LogP contribution in [0.15, 0.2) is 42.1 Å². The number of anilines is 1. The van der Waals surface area contributed by atoms with Crippen molar-refractivity contribution in [2.24, 2.45) is 5.73 Å². The second-order valence-corrected chi connectivity index (χ2v) is 6.98. The third-order valence-corrected chi connectivity index (χ3v) is 4.64. The summed E-state index contributed by atoms with van der Waals surface area (Å²) in [6, 6.07) is 5.17. The monoisotopic (exact) mass is 429 g/mol. The van der Waals surface area contributed by atoms with Crippen molar-refractivity contribution in [1.29, 1.82) is 5.41 Å². The molecule has 0 spiro atoms. The minimum atomic E-state index is -0.778. The third kappa shape index (κ3) is 4.60. The molecule has 2 aromatic rings. The van der Waals surface area contributed by atoms with Gasteiger partial charge in [-0.2, -0.15) is 0 Å². The molecule has 0 saturated heterocycles. The van der Waals surface area contributed by atoms with Gasteiger partial charge in [0.05, 0.1) is 23.6 Å². The summed E-state index contributed by atoms with van der Waals surface area (Å²) < 4.78 is 20.3. The van der Waals surface area contributed by atoms with Gasteiger partial charge in [0, 0.05) is 16.1 Å². The average Bonchev–Trinajstić information content (AvgIpc) is 2.71. The molecule has 1 aliphatic heterocycles. The van der Waals surface area contributed by atoms with Gasteiger partial charge in [0.1, 0.15) is 12.4 Å². The highest BCUT2D eigenvalue weighted by Gasteiger charge is 2.21. The SMILES string of the molecule is C/C=C(\C=C(\NC(N)=O)C(C)=N)c1cc(-c2cc(Cl)ccc2F)nc2c1OCCN2. The van der Waals surface area contributed by atoms with E-state index in [1.54, 1.807) is 25.1 Å². The van der Waals surface area contributed by atoms with Crippen LogP contribution >= 0.6 is 11.6 Å². The molecule has 3 rings (SSSR count). The first-order valence-corrected chi connectivity index (χ1v) is 9.55. The van der Waals surface area contributed by atoms with Crippen LogP contribution in [-0.2, 0) is 0 Å². The van der Waals surface area contributed by atoms with E-state index in [9.17, 15) is 9.18 Å². The van der Waals surface area contributed by atoms with Gasteiger partial charge in [-0.1, -0.05) is 17.7 Å². The van der Waals surface area contributed by atoms with Crippen molar-refractivity contribution in [3.63, 3.8) is 0 Å². The molecule has 0 fully saturated rings. The topological polar surface area (TPSA) is 113 Å². The molecule has 0 bridgehead atoms. The third-order valence-electron chi connectivity index (χ3n) is 4.40. The van der Waals surface area contributed by atoms with E-state index in [4.69, 9.17) is 27.5 Å². The summed E-state index contributed by atoms with van der Waals surface area (Å²) in [5.41, 5.74) is 7.45. The number of halogens is 2. The first kappa shape index (κ1) is 21.3. The summed E-state index contributed by atoms with van der Waals surface area (Å²) in [6.45, 7) is 4.32. The number of primary amides is 1. The molecule has 2 heterocycles. The van der Waals surface area contributed by atoms with Gasteiger partial charge in [0.25, 0.3) is 0 Å². The number of pyridine rings is 1. The number of ether oxygens (including phenoxy) is 1. The molecule has 0 unspecified atom stereocenters. The number of nitrogens with one attached hydrogen (secondary N) is 3. The Morgan fingerprint density at radius 1 is 1.43 bits per heavy atom. The molecule has 2 amide bonds. The highest BCUT2D eigenvalue weighted by Crippen LogP contribution is 2.39. The number of carbonyl (C=O) groups excluding carboxylic acids is 1. The number of fused-ring (bicyclic) bond motifs is 1. The first-order chi connectivity index (χ1) is 14.3. The Balaban J connectivity index is 2.20. The number of benzene rings is 1. The predicted octanol–water partition coefficient (Wildman–Crippen LogP) is 4.34. The molecule has 5 N–H and O–H groups in total. The number of rotatable bonds is 5. The van der Waals surface area contributed by atoms with Crippen molar-refractivity contribution < 1.29 is 13.9 Å². The lowest BCUT2D eigenvalue weighted by Gasteiger charge is -2.23. The van der Waals surface area contributed by atoms with Crippen LogP contribution in [0.2, 0.25) is 5.02 Å².